The molecule has 4 saturated carbocycles. The van der Waals surface area contributed by atoms with Crippen molar-refractivity contribution in [1.82, 2.24) is 0 Å². The molecule has 0 radical (unpaired) electrons. The highest BCUT2D eigenvalue weighted by atomic mass is 19.3. The third-order valence-electron chi connectivity index (χ3n) is 8.32. The number of hydrogen-bond donors (Lipinski definition) is 2. The first-order valence-corrected chi connectivity index (χ1v) is 9.58. The molecule has 4 aliphatic rings. The molecule has 6 atom stereocenters. The molecule has 4 fully saturated rings. The fourth-order valence-electron chi connectivity index (χ4n) is 6.93. The minimum Gasteiger partial charge on any atom is -0.396 e. The SMILES string of the molecule is C[C@]12CCC3C(C(=C(F)F)CC4CC(=N)CC[C@@]43CO)C1CCC2=O. The summed E-state index contributed by atoms with van der Waals surface area (Å²) in [5.41, 5.74) is 0.0515. The largest absolute Gasteiger partial charge is 0.396 e. The number of rotatable bonds is 1. The van der Waals surface area contributed by atoms with Crippen LogP contribution >= 0.6 is 0 Å². The fourth-order valence-corrected chi connectivity index (χ4v) is 6.93. The van der Waals surface area contributed by atoms with Crippen molar-refractivity contribution in [3.05, 3.63) is 11.7 Å². The molecular formula is C20H27F2NO2. The van der Waals surface area contributed by atoms with E-state index in [2.05, 4.69) is 0 Å². The van der Waals surface area contributed by atoms with E-state index in [4.69, 9.17) is 5.41 Å². The molecule has 0 heterocycles. The Morgan fingerprint density at radius 2 is 1.96 bits per heavy atom. The van der Waals surface area contributed by atoms with Gasteiger partial charge in [0.05, 0.1) is 0 Å². The standard InChI is InChI=1S/C20H27F2NO2/c1-19-6-5-15-17(14(19)2-3-16(19)25)13(18(21)22)9-11-8-12(23)4-7-20(11,15)10-24/h11,14-15,17,23-24H,2-10H2,1H3/t11?,14?,15?,17?,19-,20+/m0/s1. The second kappa shape index (κ2) is 5.70. The molecule has 4 unspecified atom stereocenters. The number of hydrogen-bond acceptors (Lipinski definition) is 3. The lowest BCUT2D eigenvalue weighted by molar-refractivity contribution is -0.137. The summed E-state index contributed by atoms with van der Waals surface area (Å²) in [6, 6.07) is 0. The van der Waals surface area contributed by atoms with Crippen LogP contribution in [0.5, 0.6) is 0 Å². The number of carbonyl (C=O) groups is 1. The number of halogens is 2. The molecule has 0 bridgehead atoms. The van der Waals surface area contributed by atoms with Crippen LogP contribution in [0.25, 0.3) is 0 Å². The highest BCUT2D eigenvalue weighted by molar-refractivity contribution is 5.87. The maximum absolute atomic E-state index is 13.9. The molecule has 0 aromatic carbocycles. The second-order valence-electron chi connectivity index (χ2n) is 9.04. The molecule has 0 spiro atoms. The Morgan fingerprint density at radius 3 is 2.64 bits per heavy atom. The van der Waals surface area contributed by atoms with E-state index >= 15 is 0 Å². The summed E-state index contributed by atoms with van der Waals surface area (Å²) >= 11 is 0. The van der Waals surface area contributed by atoms with E-state index in [0.29, 0.717) is 31.4 Å². The lowest BCUT2D eigenvalue weighted by Crippen LogP contribution is -2.57. The number of carbonyl (C=O) groups excluding carboxylic acids is 1. The molecule has 0 aromatic rings. The van der Waals surface area contributed by atoms with Crippen molar-refractivity contribution in [2.75, 3.05) is 6.61 Å². The molecule has 138 valence electrons. The van der Waals surface area contributed by atoms with Crippen LogP contribution in [0.4, 0.5) is 8.78 Å². The van der Waals surface area contributed by atoms with Gasteiger partial charge in [-0.25, -0.2) is 0 Å². The zero-order valence-corrected chi connectivity index (χ0v) is 14.8. The zero-order chi connectivity index (χ0) is 18.0. The van der Waals surface area contributed by atoms with Gasteiger partial charge in [-0.05, 0) is 74.2 Å². The minimum atomic E-state index is -1.58. The van der Waals surface area contributed by atoms with Crippen LogP contribution < -0.4 is 0 Å². The Morgan fingerprint density at radius 1 is 1.20 bits per heavy atom. The Labute approximate surface area is 147 Å². The summed E-state index contributed by atoms with van der Waals surface area (Å²) in [4.78, 5) is 12.5. The molecule has 2 N–H and O–H groups in total. The number of Topliss-reactive ketones (excluding diaryl/α,β-unsaturated/α-hetero) is 1. The predicted molar refractivity (Wildman–Crippen MR) is 90.5 cm³/mol. The van der Waals surface area contributed by atoms with Gasteiger partial charge in [0.15, 0.2) is 0 Å². The summed E-state index contributed by atoms with van der Waals surface area (Å²) in [5.74, 6) is -0.0881. The number of aliphatic hydroxyl groups excluding tert-OH is 1. The van der Waals surface area contributed by atoms with Gasteiger partial charge in [0, 0.05) is 29.6 Å². The van der Waals surface area contributed by atoms with Gasteiger partial charge < -0.3 is 10.5 Å². The topological polar surface area (TPSA) is 61.1 Å². The van der Waals surface area contributed by atoms with Crippen LogP contribution in [0.1, 0.15) is 58.3 Å². The number of aliphatic hydroxyl groups is 1. The summed E-state index contributed by atoms with van der Waals surface area (Å²) in [5, 5.41) is 18.4. The minimum absolute atomic E-state index is 0.0130. The van der Waals surface area contributed by atoms with Crippen molar-refractivity contribution >= 4 is 11.5 Å². The van der Waals surface area contributed by atoms with Crippen molar-refractivity contribution in [3.63, 3.8) is 0 Å². The third-order valence-corrected chi connectivity index (χ3v) is 8.32. The second-order valence-corrected chi connectivity index (χ2v) is 9.04. The van der Waals surface area contributed by atoms with Gasteiger partial charge in [-0.1, -0.05) is 6.92 Å². The number of ketones is 1. The summed E-state index contributed by atoms with van der Waals surface area (Å²) in [6.07, 6.45) is 3.33. The molecule has 0 aliphatic heterocycles. The van der Waals surface area contributed by atoms with Gasteiger partial charge in [-0.3, -0.25) is 4.79 Å². The van der Waals surface area contributed by atoms with Crippen molar-refractivity contribution in [3.8, 4) is 0 Å². The maximum Gasteiger partial charge on any atom is 0.269 e. The van der Waals surface area contributed by atoms with Crippen molar-refractivity contribution in [1.29, 1.82) is 5.41 Å². The summed E-state index contributed by atoms with van der Waals surface area (Å²) < 4.78 is 27.9. The van der Waals surface area contributed by atoms with Crippen molar-refractivity contribution < 1.29 is 18.7 Å². The van der Waals surface area contributed by atoms with Gasteiger partial charge in [0.25, 0.3) is 6.08 Å². The lowest BCUT2D eigenvalue weighted by Gasteiger charge is -2.60. The first-order valence-electron chi connectivity index (χ1n) is 9.58. The molecule has 4 rings (SSSR count). The van der Waals surface area contributed by atoms with Crippen LogP contribution in [0.3, 0.4) is 0 Å². The fraction of sp³-hybridized carbons (Fsp3) is 0.800. The molecular weight excluding hydrogens is 324 g/mol. The normalized spacial score (nSPS) is 46.5. The predicted octanol–water partition coefficient (Wildman–Crippen LogP) is 4.35. The molecule has 0 amide bonds. The molecule has 25 heavy (non-hydrogen) atoms. The van der Waals surface area contributed by atoms with E-state index in [-0.39, 0.29) is 53.5 Å². The monoisotopic (exact) mass is 351 g/mol. The van der Waals surface area contributed by atoms with Crippen molar-refractivity contribution in [2.45, 2.75) is 58.3 Å². The van der Waals surface area contributed by atoms with Gasteiger partial charge in [-0.15, -0.1) is 0 Å². The maximum atomic E-state index is 13.9. The van der Waals surface area contributed by atoms with Crippen LogP contribution in [0, 0.1) is 39.9 Å². The van der Waals surface area contributed by atoms with E-state index < -0.39 is 11.5 Å². The molecule has 5 heteroatoms. The highest BCUT2D eigenvalue weighted by Crippen LogP contribution is 2.66. The average Bonchev–Trinajstić information content (AvgIpc) is 2.89. The van der Waals surface area contributed by atoms with E-state index in [1.807, 2.05) is 6.92 Å². The Kier molecular flexibility index (Phi) is 3.95. The van der Waals surface area contributed by atoms with Gasteiger partial charge >= 0.3 is 0 Å². The molecule has 4 aliphatic carbocycles. The highest BCUT2D eigenvalue weighted by Gasteiger charge is 2.63. The zero-order valence-electron chi connectivity index (χ0n) is 14.8. The molecule has 3 nitrogen and oxygen atoms in total. The van der Waals surface area contributed by atoms with Crippen LogP contribution in [-0.4, -0.2) is 23.2 Å². The quantitative estimate of drug-likeness (QED) is 0.738. The smallest absolute Gasteiger partial charge is 0.269 e. The van der Waals surface area contributed by atoms with Crippen molar-refractivity contribution in [2.24, 2.45) is 34.5 Å². The first kappa shape index (κ1) is 17.3. The third kappa shape index (κ3) is 2.23. The Bertz CT molecular complexity index is 656. The average molecular weight is 351 g/mol. The van der Waals surface area contributed by atoms with Crippen LogP contribution in [0.15, 0.2) is 11.7 Å². The number of allylic oxidation sites excluding steroid dienone is 1. The van der Waals surface area contributed by atoms with Crippen LogP contribution in [-0.2, 0) is 4.79 Å². The summed E-state index contributed by atoms with van der Waals surface area (Å²) in [7, 11) is 0. The first-order chi connectivity index (χ1) is 11.8. The van der Waals surface area contributed by atoms with E-state index in [1.165, 1.54) is 0 Å². The lowest BCUT2D eigenvalue weighted by atomic mass is 9.44. The molecule has 0 saturated heterocycles. The number of nitrogens with one attached hydrogen (secondary N) is 1. The number of fused-ring (bicyclic) bond motifs is 5. The van der Waals surface area contributed by atoms with Gasteiger partial charge in [0.2, 0.25) is 0 Å². The van der Waals surface area contributed by atoms with Gasteiger partial charge in [0.1, 0.15) is 5.78 Å². The van der Waals surface area contributed by atoms with E-state index in [1.54, 1.807) is 0 Å². The van der Waals surface area contributed by atoms with E-state index in [0.717, 1.165) is 19.3 Å². The van der Waals surface area contributed by atoms with Gasteiger partial charge in [-0.2, -0.15) is 8.78 Å². The summed E-state index contributed by atoms with van der Waals surface area (Å²) in [6.45, 7) is 2.00. The molecule has 0 aromatic heterocycles. The van der Waals surface area contributed by atoms with Crippen LogP contribution in [0.2, 0.25) is 0 Å². The van der Waals surface area contributed by atoms with E-state index in [9.17, 15) is 18.7 Å². The Hall–Kier alpha value is -1.10. The Balaban J connectivity index is 1.81.